The molecule has 1 aliphatic heterocycles. The Morgan fingerprint density at radius 1 is 1.25 bits per heavy atom. The summed E-state index contributed by atoms with van der Waals surface area (Å²) in [6, 6.07) is 5.56. The molecule has 20 heavy (non-hydrogen) atoms. The number of halogens is 4. The molecule has 0 aliphatic carbocycles. The van der Waals surface area contributed by atoms with E-state index in [9.17, 15) is 22.4 Å². The fourth-order valence-electron chi connectivity index (χ4n) is 1.55. The molecular weight excluding hydrogens is 296 g/mol. The minimum absolute atomic E-state index is 0.0259. The van der Waals surface area contributed by atoms with Crippen molar-refractivity contribution in [1.29, 1.82) is 0 Å². The molecule has 1 aromatic carbocycles. The number of amides is 1. The topological polar surface area (TPSA) is 32.3 Å². The first-order valence-corrected chi connectivity index (χ1v) is 6.40. The molecule has 3 nitrogen and oxygen atoms in total. The third-order valence-corrected chi connectivity index (χ3v) is 3.42. The average Bonchev–Trinajstić information content (AvgIpc) is 2.39. The van der Waals surface area contributed by atoms with Gasteiger partial charge >= 0.3 is 11.7 Å². The highest BCUT2D eigenvalue weighted by atomic mass is 32.2. The van der Waals surface area contributed by atoms with Crippen molar-refractivity contribution in [3.63, 3.8) is 0 Å². The molecule has 1 amide bonds. The Morgan fingerprint density at radius 3 is 2.45 bits per heavy atom. The van der Waals surface area contributed by atoms with Crippen molar-refractivity contribution in [2.75, 3.05) is 11.6 Å². The van der Waals surface area contributed by atoms with E-state index in [1.54, 1.807) is 6.08 Å². The van der Waals surface area contributed by atoms with Crippen molar-refractivity contribution < 1.29 is 22.4 Å². The van der Waals surface area contributed by atoms with Crippen LogP contribution < -0.4 is 10.4 Å². The van der Waals surface area contributed by atoms with Crippen molar-refractivity contribution in [2.24, 2.45) is 0 Å². The second-order valence-corrected chi connectivity index (χ2v) is 5.17. The number of carbonyl (C=O) groups excluding carboxylic acids is 1. The third-order valence-electron chi connectivity index (χ3n) is 2.46. The molecule has 1 N–H and O–H groups in total. The van der Waals surface area contributed by atoms with Crippen LogP contribution in [0.1, 0.15) is 0 Å². The van der Waals surface area contributed by atoms with Gasteiger partial charge in [0, 0.05) is 11.0 Å². The highest BCUT2D eigenvalue weighted by Gasteiger charge is 2.41. The standard InChI is InChI=1S/C12H10F4N2OS/c13-11(14)12(15,16)20-9-5-3-8(4-6-9)18-7-1-2-10(19)17-18/h1-6,11H,7H2,(H,17,19). The Labute approximate surface area is 116 Å². The van der Waals surface area contributed by atoms with Crippen molar-refractivity contribution in [1.82, 2.24) is 5.43 Å². The molecule has 1 aliphatic rings. The van der Waals surface area contributed by atoms with Crippen molar-refractivity contribution >= 4 is 23.4 Å². The summed E-state index contributed by atoms with van der Waals surface area (Å²) < 4.78 is 49.9. The monoisotopic (exact) mass is 306 g/mol. The summed E-state index contributed by atoms with van der Waals surface area (Å²) in [4.78, 5) is 11.2. The zero-order valence-corrected chi connectivity index (χ0v) is 10.8. The molecule has 0 unspecified atom stereocenters. The average molecular weight is 306 g/mol. The number of alkyl halides is 4. The van der Waals surface area contributed by atoms with Crippen LogP contribution in [0.5, 0.6) is 0 Å². The lowest BCUT2D eigenvalue weighted by Crippen LogP contribution is -2.44. The fraction of sp³-hybridized carbons (Fsp3) is 0.250. The molecule has 0 saturated heterocycles. The zero-order chi connectivity index (χ0) is 14.8. The number of hydrogen-bond acceptors (Lipinski definition) is 3. The lowest BCUT2D eigenvalue weighted by Gasteiger charge is -2.26. The van der Waals surface area contributed by atoms with Crippen LogP contribution in [0.15, 0.2) is 41.3 Å². The molecule has 0 bridgehead atoms. The van der Waals surface area contributed by atoms with Gasteiger partial charge in [0.25, 0.3) is 5.91 Å². The first kappa shape index (κ1) is 14.7. The Morgan fingerprint density at radius 2 is 1.90 bits per heavy atom. The lowest BCUT2D eigenvalue weighted by atomic mass is 10.3. The normalized spacial score (nSPS) is 15.7. The van der Waals surface area contributed by atoms with Crippen LogP contribution in [-0.4, -0.2) is 24.1 Å². The van der Waals surface area contributed by atoms with Gasteiger partial charge in [-0.3, -0.25) is 15.2 Å². The van der Waals surface area contributed by atoms with E-state index in [1.165, 1.54) is 35.4 Å². The molecule has 1 heterocycles. The molecule has 2 rings (SSSR count). The number of rotatable bonds is 4. The van der Waals surface area contributed by atoms with Crippen LogP contribution in [-0.2, 0) is 4.79 Å². The summed E-state index contributed by atoms with van der Waals surface area (Å²) in [5.74, 6) is -0.293. The predicted molar refractivity (Wildman–Crippen MR) is 67.9 cm³/mol. The minimum atomic E-state index is -4.12. The van der Waals surface area contributed by atoms with Gasteiger partial charge in [0.2, 0.25) is 0 Å². The number of hydrazine groups is 1. The van der Waals surface area contributed by atoms with E-state index in [-0.39, 0.29) is 22.6 Å². The number of nitrogens with one attached hydrogen (secondary N) is 1. The van der Waals surface area contributed by atoms with Crippen LogP contribution in [0.3, 0.4) is 0 Å². The molecule has 0 atom stereocenters. The van der Waals surface area contributed by atoms with E-state index >= 15 is 0 Å². The summed E-state index contributed by atoms with van der Waals surface area (Å²) in [6.07, 6.45) is -0.699. The molecule has 0 radical (unpaired) electrons. The van der Waals surface area contributed by atoms with Gasteiger partial charge in [0.1, 0.15) is 0 Å². The van der Waals surface area contributed by atoms with Crippen molar-refractivity contribution in [2.45, 2.75) is 16.6 Å². The van der Waals surface area contributed by atoms with Gasteiger partial charge in [0.15, 0.2) is 0 Å². The maximum Gasteiger partial charge on any atom is 0.357 e. The summed E-state index contributed by atoms with van der Waals surface area (Å²) in [5, 5.41) is -2.61. The number of carbonyl (C=O) groups is 1. The molecular formula is C12H10F4N2OS. The van der Waals surface area contributed by atoms with E-state index in [1.807, 2.05) is 0 Å². The molecule has 1 aromatic rings. The zero-order valence-electron chi connectivity index (χ0n) is 10.0. The summed E-state index contributed by atoms with van der Waals surface area (Å²) in [7, 11) is 0. The van der Waals surface area contributed by atoms with Gasteiger partial charge in [-0.05, 0) is 36.0 Å². The first-order chi connectivity index (χ1) is 9.38. The quantitative estimate of drug-likeness (QED) is 0.685. The second kappa shape index (κ2) is 5.74. The van der Waals surface area contributed by atoms with E-state index in [0.29, 0.717) is 12.2 Å². The Kier molecular flexibility index (Phi) is 4.22. The number of benzene rings is 1. The number of nitrogens with zero attached hydrogens (tertiary/aromatic N) is 1. The van der Waals surface area contributed by atoms with Gasteiger partial charge in [0.05, 0.1) is 12.2 Å². The maximum atomic E-state index is 12.9. The van der Waals surface area contributed by atoms with Crippen LogP contribution >= 0.6 is 11.8 Å². The second-order valence-electron chi connectivity index (χ2n) is 3.95. The fourth-order valence-corrected chi connectivity index (χ4v) is 2.22. The number of anilines is 1. The Balaban J connectivity index is 2.07. The van der Waals surface area contributed by atoms with Gasteiger partial charge in [-0.1, -0.05) is 6.08 Å². The smallest absolute Gasteiger partial charge is 0.281 e. The highest BCUT2D eigenvalue weighted by molar-refractivity contribution is 8.00. The Bertz CT molecular complexity index is 519. The third kappa shape index (κ3) is 3.44. The lowest BCUT2D eigenvalue weighted by molar-refractivity contribution is -0.116. The van der Waals surface area contributed by atoms with E-state index in [4.69, 9.17) is 0 Å². The van der Waals surface area contributed by atoms with E-state index < -0.39 is 11.7 Å². The van der Waals surface area contributed by atoms with E-state index in [2.05, 4.69) is 5.43 Å². The van der Waals surface area contributed by atoms with Crippen LogP contribution in [0.25, 0.3) is 0 Å². The summed E-state index contributed by atoms with van der Waals surface area (Å²) >= 11 is -0.193. The van der Waals surface area contributed by atoms with Crippen LogP contribution in [0.4, 0.5) is 23.2 Å². The largest absolute Gasteiger partial charge is 0.357 e. The van der Waals surface area contributed by atoms with Gasteiger partial charge in [-0.2, -0.15) is 8.78 Å². The number of thioether (sulfide) groups is 1. The first-order valence-electron chi connectivity index (χ1n) is 5.58. The molecule has 8 heteroatoms. The van der Waals surface area contributed by atoms with Crippen molar-refractivity contribution in [3.8, 4) is 0 Å². The van der Waals surface area contributed by atoms with Gasteiger partial charge in [-0.15, -0.1) is 0 Å². The minimum Gasteiger partial charge on any atom is -0.281 e. The van der Waals surface area contributed by atoms with Crippen LogP contribution in [0, 0.1) is 0 Å². The molecule has 0 aromatic heterocycles. The van der Waals surface area contributed by atoms with Crippen molar-refractivity contribution in [3.05, 3.63) is 36.4 Å². The SMILES string of the molecule is O=C1C=CCN(c2ccc(SC(F)(F)C(F)F)cc2)N1. The highest BCUT2D eigenvalue weighted by Crippen LogP contribution is 2.40. The van der Waals surface area contributed by atoms with E-state index in [0.717, 1.165) is 0 Å². The number of hydrogen-bond donors (Lipinski definition) is 1. The predicted octanol–water partition coefficient (Wildman–Crippen LogP) is 3.04. The van der Waals surface area contributed by atoms with Crippen LogP contribution in [0.2, 0.25) is 0 Å². The maximum absolute atomic E-state index is 12.9. The molecule has 0 saturated carbocycles. The van der Waals surface area contributed by atoms with Gasteiger partial charge < -0.3 is 0 Å². The molecule has 108 valence electrons. The van der Waals surface area contributed by atoms with Gasteiger partial charge in [-0.25, -0.2) is 8.78 Å². The summed E-state index contributed by atoms with van der Waals surface area (Å²) in [6.45, 7) is 0.436. The molecule has 0 fully saturated rings. The molecule has 0 spiro atoms. The Hall–Kier alpha value is -1.70. The summed E-state index contributed by atoms with van der Waals surface area (Å²) in [5.41, 5.74) is 3.13.